The largest absolute Gasteiger partial charge is 0.507 e. The maximum Gasteiger partial charge on any atom is 0.293 e. The van der Waals surface area contributed by atoms with Gasteiger partial charge in [-0.05, 0) is 61.5 Å². The Morgan fingerprint density at radius 1 is 1.11 bits per heavy atom. The lowest BCUT2D eigenvalue weighted by Gasteiger charge is -2.18. The molecule has 0 atom stereocenters. The van der Waals surface area contributed by atoms with E-state index >= 15 is 0 Å². The van der Waals surface area contributed by atoms with Gasteiger partial charge in [-0.25, -0.2) is 4.98 Å². The number of aromatic hydroxyl groups is 1. The zero-order valence-electron chi connectivity index (χ0n) is 18.9. The number of nitro benzene ring substituents is 1. The Balaban J connectivity index is 1.27. The van der Waals surface area contributed by atoms with Gasteiger partial charge < -0.3 is 19.7 Å². The van der Waals surface area contributed by atoms with Crippen LogP contribution in [0, 0.1) is 10.1 Å². The van der Waals surface area contributed by atoms with Crippen LogP contribution >= 0.6 is 12.2 Å². The summed E-state index contributed by atoms with van der Waals surface area (Å²) in [4.78, 5) is 30.1. The molecule has 0 aliphatic carbocycles. The minimum Gasteiger partial charge on any atom is -0.507 e. The van der Waals surface area contributed by atoms with Crippen LogP contribution in [0.2, 0.25) is 0 Å². The zero-order valence-corrected chi connectivity index (χ0v) is 19.7. The number of phenolic OH excluding ortho intramolecular Hbond substituents is 1. The molecule has 1 aromatic heterocycles. The van der Waals surface area contributed by atoms with E-state index in [4.69, 9.17) is 16.6 Å². The Hall–Kier alpha value is -4.51. The lowest BCUT2D eigenvalue weighted by molar-refractivity contribution is -0.384. The fourth-order valence-corrected chi connectivity index (χ4v) is 4.36. The Morgan fingerprint density at radius 2 is 1.89 bits per heavy atom. The van der Waals surface area contributed by atoms with E-state index in [1.165, 1.54) is 12.1 Å². The van der Waals surface area contributed by atoms with E-state index in [1.54, 1.807) is 30.3 Å². The van der Waals surface area contributed by atoms with Crippen molar-refractivity contribution in [2.24, 2.45) is 0 Å². The van der Waals surface area contributed by atoms with Gasteiger partial charge in [-0.2, -0.15) is 0 Å². The number of thiocarbonyl (C=S) groups is 1. The molecule has 4 aromatic rings. The second-order valence-corrected chi connectivity index (χ2v) is 8.69. The number of fused-ring (bicyclic) bond motifs is 1. The summed E-state index contributed by atoms with van der Waals surface area (Å²) < 4.78 is 5.70. The molecule has 182 valence electrons. The molecule has 5 rings (SSSR count). The van der Waals surface area contributed by atoms with Crippen LogP contribution in [0.5, 0.6) is 5.75 Å². The third-order valence-corrected chi connectivity index (χ3v) is 6.09. The number of oxazole rings is 1. The number of phenols is 1. The van der Waals surface area contributed by atoms with Crippen LogP contribution in [0.15, 0.2) is 65.1 Å². The molecule has 0 unspecified atom stereocenters. The topological polar surface area (TPSA) is 134 Å². The molecule has 1 amide bonds. The molecule has 3 N–H and O–H groups in total. The fourth-order valence-electron chi connectivity index (χ4n) is 4.15. The highest BCUT2D eigenvalue weighted by molar-refractivity contribution is 7.80. The van der Waals surface area contributed by atoms with Crippen molar-refractivity contribution in [3.8, 4) is 17.2 Å². The molecular weight excluding hydrogens is 482 g/mol. The first kappa shape index (κ1) is 23.2. The maximum atomic E-state index is 12.7. The number of para-hydroxylation sites is 2. The number of carbonyl (C=O) groups is 1. The van der Waals surface area contributed by atoms with Crippen LogP contribution in [0.4, 0.5) is 17.1 Å². The highest BCUT2D eigenvalue weighted by Gasteiger charge is 2.24. The average molecular weight is 504 g/mol. The first-order chi connectivity index (χ1) is 17.4. The van der Waals surface area contributed by atoms with Gasteiger partial charge in [0.05, 0.1) is 10.5 Å². The zero-order chi connectivity index (χ0) is 25.2. The fraction of sp³-hybridized carbons (Fsp3) is 0.160. The van der Waals surface area contributed by atoms with E-state index in [2.05, 4.69) is 15.6 Å². The highest BCUT2D eigenvalue weighted by Crippen LogP contribution is 2.33. The number of rotatable bonds is 5. The molecule has 11 heteroatoms. The molecule has 36 heavy (non-hydrogen) atoms. The normalized spacial score (nSPS) is 13.1. The number of amides is 1. The van der Waals surface area contributed by atoms with Gasteiger partial charge in [0.2, 0.25) is 5.89 Å². The van der Waals surface area contributed by atoms with Gasteiger partial charge in [0.1, 0.15) is 17.0 Å². The first-order valence-corrected chi connectivity index (χ1v) is 11.6. The number of hydrogen-bond donors (Lipinski definition) is 3. The lowest BCUT2D eigenvalue weighted by atomic mass is 10.1. The molecule has 0 spiro atoms. The van der Waals surface area contributed by atoms with E-state index in [0.29, 0.717) is 28.0 Å². The molecule has 1 aliphatic heterocycles. The summed E-state index contributed by atoms with van der Waals surface area (Å²) in [6.07, 6.45) is 1.95. The lowest BCUT2D eigenvalue weighted by Crippen LogP contribution is -2.34. The molecule has 0 bridgehead atoms. The predicted octanol–water partition coefficient (Wildman–Crippen LogP) is 4.84. The maximum absolute atomic E-state index is 12.7. The quantitative estimate of drug-likeness (QED) is 0.199. The average Bonchev–Trinajstić information content (AvgIpc) is 3.54. The van der Waals surface area contributed by atoms with Crippen molar-refractivity contribution in [1.82, 2.24) is 10.3 Å². The van der Waals surface area contributed by atoms with E-state index < -0.39 is 10.8 Å². The Labute approximate surface area is 210 Å². The first-order valence-electron chi connectivity index (χ1n) is 11.2. The molecule has 3 aromatic carbocycles. The standard InChI is InChI=1S/C25H21N5O5S/c31-21-14-16(8-9-17(21)24-27-18-5-1-2-6-22(18)35-24)26-25(36)28-23(32)15-7-10-19(20(13-15)30(33)34)29-11-3-4-12-29/h1-2,5-10,13-14,31H,3-4,11-12H2,(H2,26,28,32,36). The van der Waals surface area contributed by atoms with Crippen LogP contribution < -0.4 is 15.5 Å². The molecule has 1 saturated heterocycles. The van der Waals surface area contributed by atoms with Gasteiger partial charge in [-0.15, -0.1) is 0 Å². The summed E-state index contributed by atoms with van der Waals surface area (Å²) in [6.45, 7) is 1.50. The number of nitrogens with one attached hydrogen (secondary N) is 2. The smallest absolute Gasteiger partial charge is 0.293 e. The van der Waals surface area contributed by atoms with Gasteiger partial charge in [0.15, 0.2) is 10.7 Å². The van der Waals surface area contributed by atoms with Gasteiger partial charge in [-0.1, -0.05) is 12.1 Å². The molecule has 1 fully saturated rings. The molecule has 10 nitrogen and oxygen atoms in total. The minimum absolute atomic E-state index is 0.0275. The Bertz CT molecular complexity index is 1460. The van der Waals surface area contributed by atoms with Crippen molar-refractivity contribution >= 4 is 51.4 Å². The van der Waals surface area contributed by atoms with Crippen molar-refractivity contribution in [2.45, 2.75) is 12.8 Å². The number of nitrogens with zero attached hydrogens (tertiary/aromatic N) is 3. The number of aromatic nitrogens is 1. The molecule has 0 radical (unpaired) electrons. The molecule has 0 saturated carbocycles. The van der Waals surface area contributed by atoms with Gasteiger partial charge in [0, 0.05) is 36.5 Å². The molecule has 1 aliphatic rings. The SMILES string of the molecule is O=C(NC(=S)Nc1ccc(-c2nc3ccccc3o2)c(O)c1)c1ccc(N2CCCC2)c([N+](=O)[O-])c1. The Morgan fingerprint density at radius 3 is 2.61 bits per heavy atom. The summed E-state index contributed by atoms with van der Waals surface area (Å²) in [5.74, 6) is -0.403. The summed E-state index contributed by atoms with van der Waals surface area (Å²) in [7, 11) is 0. The van der Waals surface area contributed by atoms with Gasteiger partial charge in [-0.3, -0.25) is 20.2 Å². The molecular formula is C25H21N5O5S. The second-order valence-electron chi connectivity index (χ2n) is 8.28. The van der Waals surface area contributed by atoms with E-state index in [1.807, 2.05) is 23.1 Å². The van der Waals surface area contributed by atoms with Crippen molar-refractivity contribution in [3.05, 3.63) is 76.3 Å². The van der Waals surface area contributed by atoms with Crippen molar-refractivity contribution in [1.29, 1.82) is 0 Å². The van der Waals surface area contributed by atoms with Crippen LogP contribution in [-0.4, -0.2) is 39.1 Å². The van der Waals surface area contributed by atoms with Crippen LogP contribution in [-0.2, 0) is 0 Å². The highest BCUT2D eigenvalue weighted by atomic mass is 32.1. The third kappa shape index (κ3) is 4.68. The van der Waals surface area contributed by atoms with E-state index in [-0.39, 0.29) is 28.0 Å². The summed E-state index contributed by atoms with van der Waals surface area (Å²) >= 11 is 5.23. The number of anilines is 2. The predicted molar refractivity (Wildman–Crippen MR) is 139 cm³/mol. The summed E-state index contributed by atoms with van der Waals surface area (Å²) in [5, 5.41) is 27.4. The van der Waals surface area contributed by atoms with Crippen molar-refractivity contribution in [3.63, 3.8) is 0 Å². The van der Waals surface area contributed by atoms with Gasteiger partial charge in [0.25, 0.3) is 11.6 Å². The summed E-state index contributed by atoms with van der Waals surface area (Å²) in [5.41, 5.74) is 2.60. The number of hydrogen-bond acceptors (Lipinski definition) is 8. The number of carbonyl (C=O) groups excluding carboxylic acids is 1. The second kappa shape index (κ2) is 9.62. The van der Waals surface area contributed by atoms with Crippen molar-refractivity contribution in [2.75, 3.05) is 23.3 Å². The summed E-state index contributed by atoms with van der Waals surface area (Å²) in [6, 6.07) is 16.4. The molecule has 2 heterocycles. The van der Waals surface area contributed by atoms with Gasteiger partial charge >= 0.3 is 0 Å². The van der Waals surface area contributed by atoms with Crippen LogP contribution in [0.25, 0.3) is 22.6 Å². The number of benzene rings is 3. The Kier molecular flexibility index (Phi) is 6.21. The van der Waals surface area contributed by atoms with E-state index in [9.17, 15) is 20.0 Å². The van der Waals surface area contributed by atoms with Crippen molar-refractivity contribution < 1.29 is 19.2 Å². The van der Waals surface area contributed by atoms with Crippen LogP contribution in [0.1, 0.15) is 23.2 Å². The minimum atomic E-state index is -0.587. The van der Waals surface area contributed by atoms with E-state index in [0.717, 1.165) is 25.9 Å². The van der Waals surface area contributed by atoms with Crippen LogP contribution in [0.3, 0.4) is 0 Å². The third-order valence-electron chi connectivity index (χ3n) is 5.89. The monoisotopic (exact) mass is 503 g/mol. The number of nitro groups is 1.